The highest BCUT2D eigenvalue weighted by molar-refractivity contribution is 5.84. The van der Waals surface area contributed by atoms with E-state index < -0.39 is 5.82 Å². The number of phenolic OH excluding ortho intramolecular Hbond substituents is 1. The lowest BCUT2D eigenvalue weighted by molar-refractivity contribution is 0.480. The van der Waals surface area contributed by atoms with Crippen LogP contribution < -0.4 is 16.6 Å². The van der Waals surface area contributed by atoms with Gasteiger partial charge in [0.25, 0.3) is 5.56 Å². The maximum Gasteiger partial charge on any atom is 0.269 e. The van der Waals surface area contributed by atoms with Crippen molar-refractivity contribution in [1.29, 1.82) is 0 Å². The van der Waals surface area contributed by atoms with E-state index in [1.54, 1.807) is 24.3 Å². The molecule has 0 radical (unpaired) electrons. The normalized spacial score (nSPS) is 10.6. The number of nitrogens with two attached hydrogens (primary N) is 1. The number of aromatic nitrogens is 5. The van der Waals surface area contributed by atoms with Gasteiger partial charge >= 0.3 is 0 Å². The monoisotopic (exact) mass is 493 g/mol. The summed E-state index contributed by atoms with van der Waals surface area (Å²) < 4.78 is 14.6. The van der Waals surface area contributed by atoms with Gasteiger partial charge in [-0.3, -0.25) is 9.36 Å². The quantitative estimate of drug-likeness (QED) is 0.318. The van der Waals surface area contributed by atoms with Crippen LogP contribution in [-0.2, 0) is 6.42 Å². The highest BCUT2D eigenvalue weighted by Crippen LogP contribution is 2.22. The second-order valence-electron chi connectivity index (χ2n) is 7.95. The first-order valence-corrected chi connectivity index (χ1v) is 11.3. The molecule has 0 aliphatic carbocycles. The molecule has 0 aliphatic heterocycles. The number of nitrogens with zero attached hydrogens (tertiary/aromatic N) is 5. The van der Waals surface area contributed by atoms with Crippen molar-refractivity contribution in [3.8, 4) is 23.3 Å². The molecule has 5 rings (SSSR count). The van der Waals surface area contributed by atoms with Crippen LogP contribution in [0.15, 0.2) is 78.0 Å². The predicted molar refractivity (Wildman–Crippen MR) is 138 cm³/mol. The second kappa shape index (κ2) is 10.1. The fourth-order valence-corrected chi connectivity index (χ4v) is 3.80. The van der Waals surface area contributed by atoms with Crippen LogP contribution in [0.5, 0.6) is 5.75 Å². The molecule has 9 nitrogen and oxygen atoms in total. The van der Waals surface area contributed by atoms with E-state index in [0.717, 1.165) is 6.20 Å². The predicted octanol–water partition coefficient (Wildman–Crippen LogP) is 3.05. The molecule has 182 valence electrons. The van der Waals surface area contributed by atoms with E-state index >= 15 is 0 Å². The number of phenols is 1. The minimum atomic E-state index is -0.457. The Bertz CT molecular complexity index is 1710. The van der Waals surface area contributed by atoms with Gasteiger partial charge in [0.1, 0.15) is 52.0 Å². The lowest BCUT2D eigenvalue weighted by Crippen LogP contribution is -2.25. The highest BCUT2D eigenvalue weighted by atomic mass is 19.1. The average Bonchev–Trinajstić information content (AvgIpc) is 2.90. The number of hydrogen-bond acceptors (Lipinski definition) is 8. The number of rotatable bonds is 5. The van der Waals surface area contributed by atoms with Gasteiger partial charge in [0.2, 0.25) is 0 Å². The topological polar surface area (TPSA) is 132 Å². The molecule has 10 heteroatoms. The standard InChI is InChI=1S/C27H20FN7O2/c28-17-9-10-18(31-15-17)11-12-20-25(29)32-16-33-26(20)30-14-13-23-34-21-7-4-8-22(36)24(21)27(37)35(23)19-5-2-1-3-6-19/h1-10,15-16,36H,13-14H2,(H3,29,30,32,33). The molecule has 0 bridgehead atoms. The molecule has 0 unspecified atom stereocenters. The molecule has 3 heterocycles. The molecule has 4 N–H and O–H groups in total. The lowest BCUT2D eigenvalue weighted by Gasteiger charge is -2.15. The fraction of sp³-hybridized carbons (Fsp3) is 0.0741. The molecule has 0 aliphatic rings. The van der Waals surface area contributed by atoms with Crippen molar-refractivity contribution in [1.82, 2.24) is 24.5 Å². The number of aromatic hydroxyl groups is 1. The summed E-state index contributed by atoms with van der Waals surface area (Å²) in [5.41, 5.74) is 7.43. The van der Waals surface area contributed by atoms with E-state index in [2.05, 4.69) is 37.1 Å². The van der Waals surface area contributed by atoms with E-state index in [1.165, 1.54) is 29.1 Å². The van der Waals surface area contributed by atoms with Crippen LogP contribution in [-0.4, -0.2) is 36.2 Å². The van der Waals surface area contributed by atoms with Crippen molar-refractivity contribution in [3.05, 3.63) is 106 Å². The third-order valence-electron chi connectivity index (χ3n) is 5.52. The summed E-state index contributed by atoms with van der Waals surface area (Å²) in [7, 11) is 0. The molecular weight excluding hydrogens is 473 g/mol. The zero-order valence-corrected chi connectivity index (χ0v) is 19.4. The molecule has 0 fully saturated rings. The smallest absolute Gasteiger partial charge is 0.269 e. The molecular formula is C27H20FN7O2. The first-order chi connectivity index (χ1) is 18.0. The van der Waals surface area contributed by atoms with Gasteiger partial charge in [-0.2, -0.15) is 0 Å². The van der Waals surface area contributed by atoms with Crippen LogP contribution in [0.25, 0.3) is 16.6 Å². The number of benzene rings is 2. The number of pyridine rings is 1. The molecule has 0 amide bonds. The number of fused-ring (bicyclic) bond motifs is 1. The van der Waals surface area contributed by atoms with Gasteiger partial charge in [0.15, 0.2) is 0 Å². The van der Waals surface area contributed by atoms with Crippen LogP contribution in [0.3, 0.4) is 0 Å². The molecule has 5 aromatic rings. The van der Waals surface area contributed by atoms with Crippen LogP contribution in [0.1, 0.15) is 17.1 Å². The van der Waals surface area contributed by atoms with E-state index in [1.807, 2.05) is 18.2 Å². The number of anilines is 2. The van der Waals surface area contributed by atoms with Crippen molar-refractivity contribution < 1.29 is 9.50 Å². The number of para-hydroxylation sites is 1. The minimum absolute atomic E-state index is 0.125. The Labute approximate surface area is 210 Å². The summed E-state index contributed by atoms with van der Waals surface area (Å²) in [6.07, 6.45) is 2.73. The Hall–Kier alpha value is -5.30. The van der Waals surface area contributed by atoms with Gasteiger partial charge < -0.3 is 16.2 Å². The van der Waals surface area contributed by atoms with Gasteiger partial charge in [-0.1, -0.05) is 30.2 Å². The molecule has 0 saturated heterocycles. The van der Waals surface area contributed by atoms with Gasteiger partial charge in [-0.25, -0.2) is 24.3 Å². The molecule has 0 atom stereocenters. The summed E-state index contributed by atoms with van der Waals surface area (Å²) in [6.45, 7) is 0.337. The van der Waals surface area contributed by atoms with Crippen LogP contribution in [0.2, 0.25) is 0 Å². The minimum Gasteiger partial charge on any atom is -0.507 e. The summed E-state index contributed by atoms with van der Waals surface area (Å²) in [5, 5.41) is 13.7. The van der Waals surface area contributed by atoms with Gasteiger partial charge in [-0.05, 0) is 42.3 Å². The number of halogens is 1. The van der Waals surface area contributed by atoms with E-state index in [4.69, 9.17) is 5.73 Å². The SMILES string of the molecule is Nc1ncnc(NCCc2nc3cccc(O)c3c(=O)n2-c2ccccc2)c1C#Cc1ccc(F)cn1. The molecule has 37 heavy (non-hydrogen) atoms. The van der Waals surface area contributed by atoms with Gasteiger partial charge in [0.05, 0.1) is 17.4 Å². The summed E-state index contributed by atoms with van der Waals surface area (Å²) in [4.78, 5) is 30.2. The molecule has 0 spiro atoms. The summed E-state index contributed by atoms with van der Waals surface area (Å²) in [5.74, 6) is 6.21. The molecule has 0 saturated carbocycles. The van der Waals surface area contributed by atoms with Gasteiger partial charge in [-0.15, -0.1) is 0 Å². The zero-order chi connectivity index (χ0) is 25.8. The van der Waals surface area contributed by atoms with Crippen LogP contribution >= 0.6 is 0 Å². The number of hydrogen-bond donors (Lipinski definition) is 3. The van der Waals surface area contributed by atoms with Gasteiger partial charge in [0, 0.05) is 13.0 Å². The maximum atomic E-state index is 13.4. The maximum absolute atomic E-state index is 13.4. The average molecular weight is 494 g/mol. The Kier molecular flexibility index (Phi) is 6.42. The Morgan fingerprint density at radius 2 is 1.84 bits per heavy atom. The van der Waals surface area contributed by atoms with Crippen molar-refractivity contribution in [2.75, 3.05) is 17.6 Å². The molecule has 3 aromatic heterocycles. The first-order valence-electron chi connectivity index (χ1n) is 11.3. The molecule has 2 aromatic carbocycles. The van der Waals surface area contributed by atoms with Crippen molar-refractivity contribution in [3.63, 3.8) is 0 Å². The van der Waals surface area contributed by atoms with Crippen molar-refractivity contribution in [2.24, 2.45) is 0 Å². The largest absolute Gasteiger partial charge is 0.507 e. The van der Waals surface area contributed by atoms with E-state index in [9.17, 15) is 14.3 Å². The third kappa shape index (κ3) is 4.92. The Balaban J connectivity index is 1.46. The lowest BCUT2D eigenvalue weighted by atomic mass is 10.2. The summed E-state index contributed by atoms with van der Waals surface area (Å²) in [6, 6.07) is 16.6. The van der Waals surface area contributed by atoms with Crippen molar-refractivity contribution in [2.45, 2.75) is 6.42 Å². The zero-order valence-electron chi connectivity index (χ0n) is 19.4. The Morgan fingerprint density at radius 3 is 2.62 bits per heavy atom. The second-order valence-corrected chi connectivity index (χ2v) is 7.95. The fourth-order valence-electron chi connectivity index (χ4n) is 3.80. The Morgan fingerprint density at radius 1 is 1.00 bits per heavy atom. The highest BCUT2D eigenvalue weighted by Gasteiger charge is 2.15. The summed E-state index contributed by atoms with van der Waals surface area (Å²) >= 11 is 0. The van der Waals surface area contributed by atoms with Crippen molar-refractivity contribution >= 4 is 22.5 Å². The van der Waals surface area contributed by atoms with Crippen LogP contribution in [0, 0.1) is 17.7 Å². The third-order valence-corrected chi connectivity index (χ3v) is 5.52. The number of nitrogens with one attached hydrogen (secondary N) is 1. The first kappa shape index (κ1) is 23.4. The van der Waals surface area contributed by atoms with E-state index in [0.29, 0.717) is 47.1 Å². The number of nitrogen functional groups attached to an aromatic ring is 1. The van der Waals surface area contributed by atoms with Crippen LogP contribution in [0.4, 0.5) is 16.0 Å². The van der Waals surface area contributed by atoms with E-state index in [-0.39, 0.29) is 22.5 Å².